The molecule has 0 bridgehead atoms. The van der Waals surface area contributed by atoms with Crippen molar-refractivity contribution in [2.24, 2.45) is 5.92 Å². The molecule has 0 saturated carbocycles. The molecule has 0 aromatic carbocycles. The van der Waals surface area contributed by atoms with E-state index in [1.165, 1.54) is 51.9 Å². The molecule has 2 aliphatic rings. The summed E-state index contributed by atoms with van der Waals surface area (Å²) < 4.78 is 0. The molecule has 76 valence electrons. The maximum absolute atomic E-state index is 3.58. The Hall–Kier alpha value is -0.0800. The summed E-state index contributed by atoms with van der Waals surface area (Å²) in [5.41, 5.74) is 0. The van der Waals surface area contributed by atoms with Crippen molar-refractivity contribution in [2.75, 3.05) is 26.2 Å². The Labute approximate surface area is 81.7 Å². The molecule has 2 fully saturated rings. The third-order valence-electron chi connectivity index (χ3n) is 3.38. The Morgan fingerprint density at radius 3 is 2.92 bits per heavy atom. The summed E-state index contributed by atoms with van der Waals surface area (Å²) >= 11 is 0. The summed E-state index contributed by atoms with van der Waals surface area (Å²) in [5, 5.41) is 3.58. The van der Waals surface area contributed by atoms with Crippen LogP contribution in [0, 0.1) is 5.92 Å². The van der Waals surface area contributed by atoms with Gasteiger partial charge in [-0.3, -0.25) is 0 Å². The number of rotatable bonds is 2. The summed E-state index contributed by atoms with van der Waals surface area (Å²) in [4.78, 5) is 2.65. The van der Waals surface area contributed by atoms with Crippen molar-refractivity contribution in [3.8, 4) is 0 Å². The molecule has 2 nitrogen and oxygen atoms in total. The van der Waals surface area contributed by atoms with Crippen LogP contribution in [0.5, 0.6) is 0 Å². The van der Waals surface area contributed by atoms with Crippen LogP contribution in [0.15, 0.2) is 0 Å². The third-order valence-corrected chi connectivity index (χ3v) is 3.38. The highest BCUT2D eigenvalue weighted by atomic mass is 15.2. The first-order chi connectivity index (χ1) is 6.34. The SMILES string of the molecule is C[C@H]1CCCN(C[C@@H]2CCCN2)C1. The highest BCUT2D eigenvalue weighted by Gasteiger charge is 2.21. The summed E-state index contributed by atoms with van der Waals surface area (Å²) in [6.07, 6.45) is 5.63. The maximum Gasteiger partial charge on any atom is 0.0195 e. The van der Waals surface area contributed by atoms with E-state index in [1.54, 1.807) is 0 Å². The fraction of sp³-hybridized carbons (Fsp3) is 1.00. The largest absolute Gasteiger partial charge is 0.313 e. The van der Waals surface area contributed by atoms with E-state index in [-0.39, 0.29) is 0 Å². The van der Waals surface area contributed by atoms with Gasteiger partial charge in [0.1, 0.15) is 0 Å². The molecule has 13 heavy (non-hydrogen) atoms. The van der Waals surface area contributed by atoms with Crippen molar-refractivity contribution >= 4 is 0 Å². The summed E-state index contributed by atoms with van der Waals surface area (Å²) in [7, 11) is 0. The third kappa shape index (κ3) is 2.68. The van der Waals surface area contributed by atoms with Gasteiger partial charge >= 0.3 is 0 Å². The van der Waals surface area contributed by atoms with Gasteiger partial charge in [-0.05, 0) is 44.7 Å². The fourth-order valence-electron chi connectivity index (χ4n) is 2.68. The van der Waals surface area contributed by atoms with Crippen molar-refractivity contribution < 1.29 is 0 Å². The number of nitrogens with zero attached hydrogens (tertiary/aromatic N) is 1. The van der Waals surface area contributed by atoms with E-state index in [1.807, 2.05) is 0 Å². The number of nitrogens with one attached hydrogen (secondary N) is 1. The number of likely N-dealkylation sites (tertiary alicyclic amines) is 1. The van der Waals surface area contributed by atoms with E-state index < -0.39 is 0 Å². The van der Waals surface area contributed by atoms with Crippen LogP contribution in [0.1, 0.15) is 32.6 Å². The molecule has 2 heterocycles. The van der Waals surface area contributed by atoms with Crippen LogP contribution in [0.25, 0.3) is 0 Å². The molecule has 2 saturated heterocycles. The van der Waals surface area contributed by atoms with Crippen molar-refractivity contribution in [1.29, 1.82) is 0 Å². The fourth-order valence-corrected chi connectivity index (χ4v) is 2.68. The molecule has 1 N–H and O–H groups in total. The average molecular weight is 182 g/mol. The van der Waals surface area contributed by atoms with Crippen molar-refractivity contribution in [1.82, 2.24) is 10.2 Å². The summed E-state index contributed by atoms with van der Waals surface area (Å²) in [6.45, 7) is 7.59. The van der Waals surface area contributed by atoms with Crippen LogP contribution in [-0.4, -0.2) is 37.1 Å². The minimum atomic E-state index is 0.797. The average Bonchev–Trinajstić information content (AvgIpc) is 2.57. The zero-order valence-electron chi connectivity index (χ0n) is 8.76. The molecular weight excluding hydrogens is 160 g/mol. The molecule has 0 unspecified atom stereocenters. The van der Waals surface area contributed by atoms with Gasteiger partial charge in [0.25, 0.3) is 0 Å². The Balaban J connectivity index is 1.73. The highest BCUT2D eigenvalue weighted by molar-refractivity contribution is 4.80. The van der Waals surface area contributed by atoms with Crippen LogP contribution in [0.4, 0.5) is 0 Å². The van der Waals surface area contributed by atoms with Crippen LogP contribution < -0.4 is 5.32 Å². The first-order valence-electron chi connectivity index (χ1n) is 5.80. The zero-order chi connectivity index (χ0) is 9.10. The van der Waals surface area contributed by atoms with Crippen LogP contribution in [-0.2, 0) is 0 Å². The maximum atomic E-state index is 3.58. The minimum absolute atomic E-state index is 0.797. The van der Waals surface area contributed by atoms with Gasteiger partial charge in [0.2, 0.25) is 0 Å². The lowest BCUT2D eigenvalue weighted by Crippen LogP contribution is -2.42. The standard InChI is InChI=1S/C11H22N2/c1-10-4-3-7-13(8-10)9-11-5-2-6-12-11/h10-12H,2-9H2,1H3/t10-,11-/m0/s1. The van der Waals surface area contributed by atoms with Gasteiger partial charge in [0.15, 0.2) is 0 Å². The monoisotopic (exact) mass is 182 g/mol. The molecule has 2 rings (SSSR count). The summed E-state index contributed by atoms with van der Waals surface area (Å²) in [5.74, 6) is 0.926. The van der Waals surface area contributed by atoms with Gasteiger partial charge in [0, 0.05) is 19.1 Å². The van der Waals surface area contributed by atoms with Gasteiger partial charge in [-0.25, -0.2) is 0 Å². The lowest BCUT2D eigenvalue weighted by Gasteiger charge is -2.32. The van der Waals surface area contributed by atoms with Crippen molar-refractivity contribution in [3.05, 3.63) is 0 Å². The molecule has 0 spiro atoms. The second-order valence-electron chi connectivity index (χ2n) is 4.80. The van der Waals surface area contributed by atoms with E-state index in [0.29, 0.717) is 0 Å². The molecule has 2 atom stereocenters. The molecule has 2 aliphatic heterocycles. The lowest BCUT2D eigenvalue weighted by atomic mass is 10.00. The number of hydrogen-bond acceptors (Lipinski definition) is 2. The quantitative estimate of drug-likeness (QED) is 0.695. The smallest absolute Gasteiger partial charge is 0.0195 e. The first kappa shape index (κ1) is 9.47. The minimum Gasteiger partial charge on any atom is -0.313 e. The van der Waals surface area contributed by atoms with Gasteiger partial charge in [-0.1, -0.05) is 6.92 Å². The molecule has 0 radical (unpaired) electrons. The van der Waals surface area contributed by atoms with Gasteiger partial charge in [-0.15, -0.1) is 0 Å². The zero-order valence-corrected chi connectivity index (χ0v) is 8.76. The van der Waals surface area contributed by atoms with Crippen LogP contribution in [0.2, 0.25) is 0 Å². The van der Waals surface area contributed by atoms with E-state index in [4.69, 9.17) is 0 Å². The molecule has 0 aromatic heterocycles. The van der Waals surface area contributed by atoms with Crippen molar-refractivity contribution in [3.63, 3.8) is 0 Å². The molecule has 0 aliphatic carbocycles. The van der Waals surface area contributed by atoms with Crippen molar-refractivity contribution in [2.45, 2.75) is 38.6 Å². The van der Waals surface area contributed by atoms with Gasteiger partial charge < -0.3 is 10.2 Å². The van der Waals surface area contributed by atoms with E-state index in [0.717, 1.165) is 12.0 Å². The normalized spacial score (nSPS) is 36.7. The van der Waals surface area contributed by atoms with E-state index >= 15 is 0 Å². The Morgan fingerprint density at radius 1 is 1.31 bits per heavy atom. The van der Waals surface area contributed by atoms with Gasteiger partial charge in [-0.2, -0.15) is 0 Å². The molecule has 0 amide bonds. The first-order valence-corrected chi connectivity index (χ1v) is 5.80. The molecule has 2 heteroatoms. The molecular formula is C11H22N2. The second-order valence-corrected chi connectivity index (χ2v) is 4.80. The van der Waals surface area contributed by atoms with Gasteiger partial charge in [0.05, 0.1) is 0 Å². The highest BCUT2D eigenvalue weighted by Crippen LogP contribution is 2.17. The Kier molecular flexibility index (Phi) is 3.23. The van der Waals surface area contributed by atoms with E-state index in [2.05, 4.69) is 17.1 Å². The summed E-state index contributed by atoms with van der Waals surface area (Å²) in [6, 6.07) is 0.797. The number of hydrogen-bond donors (Lipinski definition) is 1. The predicted octanol–water partition coefficient (Wildman–Crippen LogP) is 1.47. The lowest BCUT2D eigenvalue weighted by molar-refractivity contribution is 0.170. The second kappa shape index (κ2) is 4.43. The number of piperidine rings is 1. The van der Waals surface area contributed by atoms with Crippen LogP contribution >= 0.6 is 0 Å². The topological polar surface area (TPSA) is 15.3 Å². The van der Waals surface area contributed by atoms with Crippen LogP contribution in [0.3, 0.4) is 0 Å². The van der Waals surface area contributed by atoms with E-state index in [9.17, 15) is 0 Å². The predicted molar refractivity (Wildman–Crippen MR) is 55.9 cm³/mol. The Bertz CT molecular complexity index is 152. The molecule has 0 aromatic rings. The Morgan fingerprint density at radius 2 is 2.23 bits per heavy atom.